The van der Waals surface area contributed by atoms with Gasteiger partial charge >= 0.3 is 12.2 Å². The van der Waals surface area contributed by atoms with Crippen LogP contribution in [0.4, 0.5) is 18.4 Å². The van der Waals surface area contributed by atoms with Crippen molar-refractivity contribution < 1.29 is 27.8 Å². The van der Waals surface area contributed by atoms with Crippen molar-refractivity contribution in [1.29, 1.82) is 0 Å². The highest BCUT2D eigenvalue weighted by Gasteiger charge is 2.36. The van der Waals surface area contributed by atoms with Crippen molar-refractivity contribution in [2.75, 3.05) is 32.7 Å². The summed E-state index contributed by atoms with van der Waals surface area (Å²) in [6.07, 6.45) is 0.860. The van der Waals surface area contributed by atoms with Gasteiger partial charge in [-0.3, -0.25) is 0 Å². The van der Waals surface area contributed by atoms with Crippen LogP contribution in [0.25, 0.3) is 10.4 Å². The molecule has 2 fully saturated rings. The molecule has 0 bridgehead atoms. The summed E-state index contributed by atoms with van der Waals surface area (Å²) in [6, 6.07) is 18.9. The molecule has 2 aromatic carbocycles. The Bertz CT molecular complexity index is 1120. The van der Waals surface area contributed by atoms with Crippen LogP contribution >= 0.6 is 0 Å². The minimum atomic E-state index is -1.51. The van der Waals surface area contributed by atoms with Crippen LogP contribution < -0.4 is 0 Å². The number of hydrogen-bond acceptors (Lipinski definition) is 5. The van der Waals surface area contributed by atoms with E-state index < -0.39 is 17.4 Å². The maximum atomic E-state index is 14.2. The molecule has 0 aromatic heterocycles. The zero-order valence-electron chi connectivity index (χ0n) is 22.9. The zero-order valence-corrected chi connectivity index (χ0v) is 22.9. The maximum absolute atomic E-state index is 14.2. The fraction of sp³-hybridized carbons (Fsp3) is 0.517. The third-order valence-electron chi connectivity index (χ3n) is 7.30. The first-order chi connectivity index (χ1) is 19.3. The molecule has 4 rings (SSSR count). The van der Waals surface area contributed by atoms with E-state index in [1.165, 1.54) is 4.90 Å². The van der Waals surface area contributed by atoms with Gasteiger partial charge in [0, 0.05) is 31.1 Å². The third-order valence-corrected chi connectivity index (χ3v) is 7.30. The van der Waals surface area contributed by atoms with Gasteiger partial charge in [0.15, 0.2) is 0 Å². The smallest absolute Gasteiger partial charge is 0.410 e. The first-order valence-electron chi connectivity index (χ1n) is 13.6. The lowest BCUT2D eigenvalue weighted by atomic mass is 9.91. The molecular weight excluding hydrogens is 520 g/mol. The van der Waals surface area contributed by atoms with Gasteiger partial charge in [-0.15, -0.1) is 0 Å². The number of ether oxygens (including phenoxy) is 2. The maximum Gasteiger partial charge on any atom is 0.410 e. The normalized spacial score (nSPS) is 17.5. The second-order valence-corrected chi connectivity index (χ2v) is 10.1. The van der Waals surface area contributed by atoms with Crippen molar-refractivity contribution in [3.8, 4) is 0 Å². The monoisotopic (exact) mass is 557 g/mol. The molecule has 0 N–H and O–H groups in total. The van der Waals surface area contributed by atoms with E-state index in [1.54, 1.807) is 4.90 Å². The molecule has 2 saturated heterocycles. The van der Waals surface area contributed by atoms with Crippen LogP contribution in [0.3, 0.4) is 0 Å². The predicted molar refractivity (Wildman–Crippen MR) is 147 cm³/mol. The molecule has 9 nitrogen and oxygen atoms in total. The summed E-state index contributed by atoms with van der Waals surface area (Å²) in [7, 11) is 0. The fourth-order valence-corrected chi connectivity index (χ4v) is 4.47. The lowest BCUT2D eigenvalue weighted by molar-refractivity contribution is 0.0389. The Morgan fingerprint density at radius 3 is 1.57 bits per heavy atom. The van der Waals surface area contributed by atoms with E-state index in [4.69, 9.17) is 15.0 Å². The Balaban J connectivity index is 0.000000222. The number of carbonyl (C=O) groups is 2. The van der Waals surface area contributed by atoms with E-state index in [9.17, 15) is 18.4 Å². The van der Waals surface area contributed by atoms with Crippen molar-refractivity contribution in [3.05, 3.63) is 82.2 Å². The quantitative estimate of drug-likeness (QED) is 0.208. The molecule has 11 heteroatoms. The molecule has 216 valence electrons. The molecule has 2 heterocycles. The highest BCUT2D eigenvalue weighted by molar-refractivity contribution is 5.68. The van der Waals surface area contributed by atoms with Crippen LogP contribution in [0.15, 0.2) is 65.8 Å². The number of benzene rings is 2. The van der Waals surface area contributed by atoms with Gasteiger partial charge in [-0.1, -0.05) is 72.7 Å². The Hall–Kier alpha value is -3.85. The summed E-state index contributed by atoms with van der Waals surface area (Å²) >= 11 is 0. The Kier molecular flexibility index (Phi) is 11.6. The standard InChI is InChI=1S/C15H20FNO2.C14H17FN4O2/c1-2-15(16)8-10-17(11-9-15)14(18)19-12-13-6-4-3-5-7-13;15-14(11-17-18-16)6-8-19(9-7-14)13(20)21-10-12-4-2-1-3-5-12/h3-7H,2,8-12H2,1H3;1-5H,6-11H2. The second-order valence-electron chi connectivity index (χ2n) is 10.1. The minimum absolute atomic E-state index is 0.159. The summed E-state index contributed by atoms with van der Waals surface area (Å²) in [6.45, 7) is 3.56. The molecule has 0 unspecified atom stereocenters. The van der Waals surface area contributed by atoms with Crippen LogP contribution in [-0.2, 0) is 22.7 Å². The topological polar surface area (TPSA) is 108 Å². The van der Waals surface area contributed by atoms with E-state index in [0.717, 1.165) is 11.1 Å². The van der Waals surface area contributed by atoms with E-state index in [1.807, 2.05) is 67.6 Å². The number of alkyl halides is 2. The average Bonchev–Trinajstić information content (AvgIpc) is 3.00. The number of rotatable bonds is 7. The zero-order chi connectivity index (χ0) is 28.8. The molecule has 0 spiro atoms. The molecule has 2 amide bonds. The van der Waals surface area contributed by atoms with Gasteiger partial charge in [-0.25, -0.2) is 18.4 Å². The van der Waals surface area contributed by atoms with Crippen molar-refractivity contribution >= 4 is 12.2 Å². The van der Waals surface area contributed by atoms with E-state index in [-0.39, 0.29) is 51.8 Å². The van der Waals surface area contributed by atoms with Crippen molar-refractivity contribution in [2.45, 2.75) is 63.6 Å². The molecule has 0 atom stereocenters. The van der Waals surface area contributed by atoms with Crippen LogP contribution in [0, 0.1) is 0 Å². The number of halogens is 2. The molecule has 2 aliphatic rings. The molecule has 40 heavy (non-hydrogen) atoms. The van der Waals surface area contributed by atoms with E-state index in [0.29, 0.717) is 32.4 Å². The summed E-state index contributed by atoms with van der Waals surface area (Å²) < 4.78 is 38.6. The molecule has 0 saturated carbocycles. The fourth-order valence-electron chi connectivity index (χ4n) is 4.47. The van der Waals surface area contributed by atoms with Gasteiger partial charge in [0.05, 0.1) is 6.54 Å². The Morgan fingerprint density at radius 1 is 0.800 bits per heavy atom. The number of nitrogens with zero attached hydrogens (tertiary/aromatic N) is 5. The average molecular weight is 558 g/mol. The van der Waals surface area contributed by atoms with Crippen molar-refractivity contribution in [1.82, 2.24) is 9.80 Å². The SMILES string of the molecule is CCC1(F)CCN(C(=O)OCc2ccccc2)CC1.[N-]=[N+]=NCC1(F)CCN(C(=O)OCc2ccccc2)CC1. The van der Waals surface area contributed by atoms with Gasteiger partial charge in [0.25, 0.3) is 0 Å². The van der Waals surface area contributed by atoms with Crippen molar-refractivity contribution in [3.63, 3.8) is 0 Å². The molecule has 0 radical (unpaired) electrons. The first kappa shape index (κ1) is 30.7. The van der Waals surface area contributed by atoms with Crippen LogP contribution in [-0.4, -0.2) is 66.0 Å². The first-order valence-corrected chi connectivity index (χ1v) is 13.6. The molecular formula is C29H37F2N5O4. The highest BCUT2D eigenvalue weighted by atomic mass is 19.1. The van der Waals surface area contributed by atoms with Gasteiger partial charge in [0.1, 0.15) is 24.6 Å². The largest absolute Gasteiger partial charge is 0.445 e. The summed E-state index contributed by atoms with van der Waals surface area (Å²) in [5, 5.41) is 3.28. The third kappa shape index (κ3) is 9.72. The van der Waals surface area contributed by atoms with Gasteiger partial charge in [0.2, 0.25) is 0 Å². The number of piperidine rings is 2. The van der Waals surface area contributed by atoms with Gasteiger partial charge in [-0.2, -0.15) is 0 Å². The number of carbonyl (C=O) groups excluding carboxylic acids is 2. The summed E-state index contributed by atoms with van der Waals surface area (Å²) in [4.78, 5) is 29.4. The Labute approximate surface area is 233 Å². The summed E-state index contributed by atoms with van der Waals surface area (Å²) in [5.41, 5.74) is 7.49. The number of amides is 2. The van der Waals surface area contributed by atoms with E-state index >= 15 is 0 Å². The van der Waals surface area contributed by atoms with Crippen LogP contribution in [0.5, 0.6) is 0 Å². The van der Waals surface area contributed by atoms with Gasteiger partial charge < -0.3 is 19.3 Å². The van der Waals surface area contributed by atoms with Crippen molar-refractivity contribution in [2.24, 2.45) is 5.11 Å². The van der Waals surface area contributed by atoms with E-state index in [2.05, 4.69) is 10.0 Å². The minimum Gasteiger partial charge on any atom is -0.445 e. The Morgan fingerprint density at radius 2 is 1.20 bits per heavy atom. The molecule has 0 aliphatic carbocycles. The number of hydrogen-bond donors (Lipinski definition) is 0. The molecule has 2 aliphatic heterocycles. The second kappa shape index (κ2) is 15.1. The van der Waals surface area contributed by atoms with Crippen LogP contribution in [0.2, 0.25) is 0 Å². The lowest BCUT2D eigenvalue weighted by Crippen LogP contribution is -2.46. The highest BCUT2D eigenvalue weighted by Crippen LogP contribution is 2.30. The molecule has 2 aromatic rings. The van der Waals surface area contributed by atoms with Gasteiger partial charge in [-0.05, 0) is 48.8 Å². The number of likely N-dealkylation sites (tertiary alicyclic amines) is 2. The number of azide groups is 1. The lowest BCUT2D eigenvalue weighted by Gasteiger charge is -2.35. The van der Waals surface area contributed by atoms with Crippen LogP contribution in [0.1, 0.15) is 50.2 Å². The predicted octanol–water partition coefficient (Wildman–Crippen LogP) is 6.97. The summed E-state index contributed by atoms with van der Waals surface area (Å²) in [5.74, 6) is 0.